The largest absolute Gasteiger partial charge is 0.471 e. The van der Waals surface area contributed by atoms with Gasteiger partial charge in [0, 0.05) is 16.7 Å². The van der Waals surface area contributed by atoms with E-state index in [1.807, 2.05) is 24.4 Å². The predicted molar refractivity (Wildman–Crippen MR) is 94.0 cm³/mol. The molecule has 5 nitrogen and oxygen atoms in total. The summed E-state index contributed by atoms with van der Waals surface area (Å²) in [4.78, 5) is 10.2. The number of sulfone groups is 1. The maximum Gasteiger partial charge on any atom is 0.236 e. The van der Waals surface area contributed by atoms with Gasteiger partial charge < -0.3 is 4.74 Å². The van der Waals surface area contributed by atoms with Gasteiger partial charge >= 0.3 is 0 Å². The first-order valence-electron chi connectivity index (χ1n) is 7.23. The Morgan fingerprint density at radius 2 is 1.92 bits per heavy atom. The molecule has 1 aromatic carbocycles. The van der Waals surface area contributed by atoms with Gasteiger partial charge in [-0.2, -0.15) is 0 Å². The van der Waals surface area contributed by atoms with Crippen LogP contribution in [0.25, 0.3) is 11.3 Å². The van der Waals surface area contributed by atoms with Crippen molar-refractivity contribution in [2.75, 3.05) is 6.26 Å². The molecule has 3 rings (SSSR count). The molecule has 124 valence electrons. The van der Waals surface area contributed by atoms with Crippen molar-refractivity contribution >= 4 is 21.2 Å². The number of hydrogen-bond donors (Lipinski definition) is 0. The van der Waals surface area contributed by atoms with Crippen LogP contribution in [0.5, 0.6) is 5.88 Å². The Labute approximate surface area is 144 Å². The second-order valence-electron chi connectivity index (χ2n) is 5.31. The van der Waals surface area contributed by atoms with Crippen molar-refractivity contribution < 1.29 is 13.2 Å². The van der Waals surface area contributed by atoms with Gasteiger partial charge in [0.15, 0.2) is 9.84 Å². The third-order valence-corrected chi connectivity index (χ3v) is 5.40. The molecule has 0 saturated heterocycles. The number of ether oxygens (including phenoxy) is 1. The highest BCUT2D eigenvalue weighted by molar-refractivity contribution is 7.90. The fraction of sp³-hybridized carbons (Fsp3) is 0.176. The molecule has 3 aromatic rings. The summed E-state index contributed by atoms with van der Waals surface area (Å²) < 4.78 is 28.8. The summed E-state index contributed by atoms with van der Waals surface area (Å²) in [5, 5.41) is 2.00. The van der Waals surface area contributed by atoms with Gasteiger partial charge in [-0.3, -0.25) is 4.98 Å². The van der Waals surface area contributed by atoms with Gasteiger partial charge in [-0.25, -0.2) is 13.4 Å². The summed E-state index contributed by atoms with van der Waals surface area (Å²) in [7, 11) is -3.21. The number of hydrogen-bond acceptors (Lipinski definition) is 6. The van der Waals surface area contributed by atoms with Crippen LogP contribution < -0.4 is 4.74 Å². The fourth-order valence-electron chi connectivity index (χ4n) is 2.12. The number of benzene rings is 1. The van der Waals surface area contributed by atoms with Crippen molar-refractivity contribution in [1.29, 1.82) is 0 Å². The van der Waals surface area contributed by atoms with Crippen LogP contribution in [0.15, 0.2) is 52.9 Å². The zero-order chi connectivity index (χ0) is 17.2. The van der Waals surface area contributed by atoms with E-state index in [0.29, 0.717) is 23.9 Å². The quantitative estimate of drug-likeness (QED) is 0.696. The second kappa shape index (κ2) is 6.70. The van der Waals surface area contributed by atoms with E-state index in [9.17, 15) is 8.42 Å². The average Bonchev–Trinajstić information content (AvgIpc) is 3.07. The summed E-state index contributed by atoms with van der Waals surface area (Å²) in [6.07, 6.45) is 2.84. The monoisotopic (exact) mass is 360 g/mol. The molecule has 0 unspecified atom stereocenters. The Morgan fingerprint density at radius 3 is 2.54 bits per heavy atom. The van der Waals surface area contributed by atoms with Crippen molar-refractivity contribution in [2.24, 2.45) is 0 Å². The fourth-order valence-corrected chi connectivity index (χ4v) is 3.36. The Hall–Kier alpha value is -2.25. The van der Waals surface area contributed by atoms with Crippen molar-refractivity contribution in [3.8, 4) is 17.1 Å². The van der Waals surface area contributed by atoms with Gasteiger partial charge in [0.2, 0.25) is 5.88 Å². The van der Waals surface area contributed by atoms with E-state index in [2.05, 4.69) is 9.97 Å². The molecule has 0 radical (unpaired) electrons. The third kappa shape index (κ3) is 3.80. The Kier molecular flexibility index (Phi) is 4.64. The van der Waals surface area contributed by atoms with Crippen molar-refractivity contribution in [3.05, 3.63) is 58.5 Å². The van der Waals surface area contributed by atoms with Crippen LogP contribution >= 0.6 is 11.3 Å². The van der Waals surface area contributed by atoms with Gasteiger partial charge in [-0.1, -0.05) is 18.2 Å². The van der Waals surface area contributed by atoms with E-state index >= 15 is 0 Å². The maximum atomic E-state index is 11.5. The summed E-state index contributed by atoms with van der Waals surface area (Å²) >= 11 is 1.62. The predicted octanol–water partition coefficient (Wildman–Crippen LogP) is 3.50. The first-order chi connectivity index (χ1) is 11.4. The van der Waals surface area contributed by atoms with Crippen molar-refractivity contribution in [2.45, 2.75) is 18.4 Å². The molecule has 0 fully saturated rings. The van der Waals surface area contributed by atoms with E-state index in [0.717, 1.165) is 10.4 Å². The molecule has 0 spiro atoms. The summed E-state index contributed by atoms with van der Waals surface area (Å²) in [6, 6.07) is 10.6. The minimum absolute atomic E-state index is 0.278. The van der Waals surface area contributed by atoms with Gasteiger partial charge in [0.05, 0.1) is 22.5 Å². The minimum atomic E-state index is -3.21. The normalized spacial score (nSPS) is 11.4. The average molecular weight is 360 g/mol. The van der Waals surface area contributed by atoms with Crippen LogP contribution in [0, 0.1) is 6.92 Å². The van der Waals surface area contributed by atoms with E-state index in [1.165, 1.54) is 6.26 Å². The molecule has 24 heavy (non-hydrogen) atoms. The maximum absolute atomic E-state index is 11.5. The molecule has 0 saturated carbocycles. The lowest BCUT2D eigenvalue weighted by molar-refractivity contribution is 0.293. The molecule has 2 heterocycles. The number of thiophene rings is 1. The lowest BCUT2D eigenvalue weighted by atomic mass is 10.1. The molecule has 0 N–H and O–H groups in total. The summed E-state index contributed by atoms with van der Waals surface area (Å²) in [6.45, 7) is 2.29. The topological polar surface area (TPSA) is 69.2 Å². The Morgan fingerprint density at radius 1 is 1.17 bits per heavy atom. The molecule has 0 aliphatic heterocycles. The second-order valence-corrected chi connectivity index (χ2v) is 8.36. The number of nitrogens with zero attached hydrogens (tertiary/aromatic N) is 2. The highest BCUT2D eigenvalue weighted by Crippen LogP contribution is 2.23. The lowest BCUT2D eigenvalue weighted by Gasteiger charge is -2.09. The summed E-state index contributed by atoms with van der Waals surface area (Å²) in [5.41, 5.74) is 2.14. The van der Waals surface area contributed by atoms with E-state index in [-0.39, 0.29) is 4.90 Å². The molecule has 0 aliphatic carbocycles. The Balaban J connectivity index is 1.85. The molecule has 2 aromatic heterocycles. The van der Waals surface area contributed by atoms with Crippen LogP contribution in [0.1, 0.15) is 10.6 Å². The Bertz CT molecular complexity index is 934. The third-order valence-electron chi connectivity index (χ3n) is 3.42. The first-order valence-corrected chi connectivity index (χ1v) is 10.00. The summed E-state index contributed by atoms with van der Waals surface area (Å²) in [5.74, 6) is 0.480. The standard InChI is InChI=1S/C17H16N2O3S2/c1-12-17(22-11-14-4-3-9-23-14)19-16(10-18-12)13-5-7-15(8-6-13)24(2,20)21/h3-10H,11H2,1-2H3. The number of rotatable bonds is 5. The number of aryl methyl sites for hydroxylation is 1. The molecule has 0 bridgehead atoms. The number of aromatic nitrogens is 2. The van der Waals surface area contributed by atoms with Gasteiger partial charge in [-0.05, 0) is 30.5 Å². The van der Waals surface area contributed by atoms with Gasteiger partial charge in [-0.15, -0.1) is 11.3 Å². The van der Waals surface area contributed by atoms with Crippen LogP contribution in [-0.2, 0) is 16.4 Å². The first kappa shape index (κ1) is 16.6. The van der Waals surface area contributed by atoms with Crippen molar-refractivity contribution in [1.82, 2.24) is 9.97 Å². The molecule has 0 aliphatic rings. The van der Waals surface area contributed by atoms with E-state index < -0.39 is 9.84 Å². The molecule has 0 atom stereocenters. The molecular formula is C17H16N2O3S2. The minimum Gasteiger partial charge on any atom is -0.471 e. The molecule has 0 amide bonds. The zero-order valence-corrected chi connectivity index (χ0v) is 14.9. The van der Waals surface area contributed by atoms with Gasteiger partial charge in [0.25, 0.3) is 0 Å². The molecular weight excluding hydrogens is 344 g/mol. The highest BCUT2D eigenvalue weighted by Gasteiger charge is 2.10. The van der Waals surface area contributed by atoms with Crippen LogP contribution in [0.3, 0.4) is 0 Å². The van der Waals surface area contributed by atoms with Crippen molar-refractivity contribution in [3.63, 3.8) is 0 Å². The van der Waals surface area contributed by atoms with Crippen LogP contribution in [-0.4, -0.2) is 24.6 Å². The van der Waals surface area contributed by atoms with E-state index in [1.54, 1.807) is 41.8 Å². The SMILES string of the molecule is Cc1ncc(-c2ccc(S(C)(=O)=O)cc2)nc1OCc1cccs1. The highest BCUT2D eigenvalue weighted by atomic mass is 32.2. The van der Waals surface area contributed by atoms with Crippen LogP contribution in [0.4, 0.5) is 0 Å². The van der Waals surface area contributed by atoms with Gasteiger partial charge in [0.1, 0.15) is 6.61 Å². The molecule has 7 heteroatoms. The lowest BCUT2D eigenvalue weighted by Crippen LogP contribution is -2.01. The van der Waals surface area contributed by atoms with E-state index in [4.69, 9.17) is 4.74 Å². The smallest absolute Gasteiger partial charge is 0.236 e. The van der Waals surface area contributed by atoms with Crippen LogP contribution in [0.2, 0.25) is 0 Å². The zero-order valence-electron chi connectivity index (χ0n) is 13.3.